The summed E-state index contributed by atoms with van der Waals surface area (Å²) in [6, 6.07) is 8.53. The number of halogens is 4. The predicted molar refractivity (Wildman–Crippen MR) is 133 cm³/mol. The molecule has 1 saturated heterocycles. The van der Waals surface area contributed by atoms with Gasteiger partial charge in [0.15, 0.2) is 0 Å². The van der Waals surface area contributed by atoms with E-state index in [0.29, 0.717) is 6.42 Å². The molecule has 0 spiro atoms. The number of carboxylic acids is 1. The van der Waals surface area contributed by atoms with Crippen LogP contribution in [0, 0.1) is 34.3 Å². The maximum Gasteiger partial charge on any atom is 0.318 e. The number of hydrogen-bond acceptors (Lipinski definition) is 3. The van der Waals surface area contributed by atoms with Gasteiger partial charge in [0.05, 0.1) is 23.6 Å². The number of amides is 2. The third kappa shape index (κ3) is 5.42. The maximum absolute atomic E-state index is 15.5. The van der Waals surface area contributed by atoms with Gasteiger partial charge in [-0.15, -0.1) is 0 Å². The van der Waals surface area contributed by atoms with E-state index >= 15 is 8.78 Å². The molecular formula is C26H27Cl2F2N3O3. The third-order valence-electron chi connectivity index (χ3n) is 6.38. The van der Waals surface area contributed by atoms with E-state index in [-0.39, 0.29) is 46.1 Å². The molecule has 2 amide bonds. The minimum absolute atomic E-state index is 0.00240. The molecule has 2 aromatic rings. The van der Waals surface area contributed by atoms with Crippen molar-refractivity contribution in [3.8, 4) is 6.07 Å². The van der Waals surface area contributed by atoms with E-state index in [1.54, 1.807) is 0 Å². The van der Waals surface area contributed by atoms with Crippen molar-refractivity contribution in [1.29, 1.82) is 5.26 Å². The lowest BCUT2D eigenvalue weighted by molar-refractivity contribution is -0.136. The van der Waals surface area contributed by atoms with Crippen molar-refractivity contribution in [1.82, 2.24) is 10.2 Å². The van der Waals surface area contributed by atoms with Crippen LogP contribution >= 0.6 is 23.2 Å². The average molecular weight is 538 g/mol. The Hall–Kier alpha value is -2.89. The van der Waals surface area contributed by atoms with Crippen LogP contribution in [0.25, 0.3) is 0 Å². The van der Waals surface area contributed by atoms with E-state index in [4.69, 9.17) is 28.3 Å². The number of hydrogen-bond donors (Lipinski definition) is 2. The van der Waals surface area contributed by atoms with Crippen LogP contribution in [-0.4, -0.2) is 35.1 Å². The standard InChI is InChI=1S/C26H27Cl2F2N3O3/c1-25(2,3)12-15-13-33(24(36)32-10-9-21(34)35)23(17-5-4-6-19(28)22(17)30)26(15,14-31)18-8-7-16(27)11-20(18)29/h4-8,11,15,23H,9-10,12-13H2,1-3H3,(H,32,36)(H,34,35). The van der Waals surface area contributed by atoms with Crippen molar-refractivity contribution < 1.29 is 23.5 Å². The number of urea groups is 1. The molecule has 3 unspecified atom stereocenters. The minimum atomic E-state index is -1.70. The highest BCUT2D eigenvalue weighted by Crippen LogP contribution is 2.56. The Morgan fingerprint density at radius 3 is 2.53 bits per heavy atom. The molecule has 6 nitrogen and oxygen atoms in total. The number of aliphatic carboxylic acids is 1. The molecule has 1 aliphatic heterocycles. The zero-order chi connectivity index (χ0) is 26.8. The lowest BCUT2D eigenvalue weighted by atomic mass is 9.63. The quantitative estimate of drug-likeness (QED) is 0.450. The Bertz CT molecular complexity index is 1210. The largest absolute Gasteiger partial charge is 0.481 e. The van der Waals surface area contributed by atoms with E-state index in [9.17, 15) is 14.9 Å². The van der Waals surface area contributed by atoms with Crippen LogP contribution in [-0.2, 0) is 10.2 Å². The van der Waals surface area contributed by atoms with Crippen LogP contribution in [0.2, 0.25) is 10.0 Å². The fourth-order valence-electron chi connectivity index (χ4n) is 5.05. The van der Waals surface area contributed by atoms with Crippen molar-refractivity contribution in [2.45, 2.75) is 45.1 Å². The highest BCUT2D eigenvalue weighted by atomic mass is 35.5. The Morgan fingerprint density at radius 1 is 1.25 bits per heavy atom. The second-order valence-electron chi connectivity index (χ2n) is 10.1. The summed E-state index contributed by atoms with van der Waals surface area (Å²) in [6.45, 7) is 5.70. The first-order chi connectivity index (χ1) is 16.8. The molecule has 1 aliphatic rings. The van der Waals surface area contributed by atoms with Crippen LogP contribution < -0.4 is 5.32 Å². The van der Waals surface area contributed by atoms with Gasteiger partial charge in [-0.1, -0.05) is 62.2 Å². The summed E-state index contributed by atoms with van der Waals surface area (Å²) in [5.41, 5.74) is -2.07. The van der Waals surface area contributed by atoms with Crippen LogP contribution in [0.15, 0.2) is 36.4 Å². The van der Waals surface area contributed by atoms with E-state index < -0.39 is 41.0 Å². The van der Waals surface area contributed by atoms with Gasteiger partial charge < -0.3 is 15.3 Å². The Kier molecular flexibility index (Phi) is 8.17. The molecule has 1 fully saturated rings. The van der Waals surface area contributed by atoms with Gasteiger partial charge in [-0.05, 0) is 30.0 Å². The molecule has 0 aliphatic carbocycles. The number of nitriles is 1. The zero-order valence-corrected chi connectivity index (χ0v) is 21.6. The second-order valence-corrected chi connectivity index (χ2v) is 11.0. The van der Waals surface area contributed by atoms with Gasteiger partial charge in [0.2, 0.25) is 0 Å². The van der Waals surface area contributed by atoms with Crippen molar-refractivity contribution in [2.75, 3.05) is 13.1 Å². The maximum atomic E-state index is 15.5. The summed E-state index contributed by atoms with van der Waals surface area (Å²) in [5, 5.41) is 22.1. The molecule has 0 aromatic heterocycles. The van der Waals surface area contributed by atoms with Gasteiger partial charge in [-0.25, -0.2) is 13.6 Å². The fourth-order valence-corrected chi connectivity index (χ4v) is 5.39. The van der Waals surface area contributed by atoms with Crippen molar-refractivity contribution >= 4 is 35.2 Å². The monoisotopic (exact) mass is 537 g/mol. The molecule has 1 heterocycles. The van der Waals surface area contributed by atoms with Gasteiger partial charge in [-0.3, -0.25) is 4.79 Å². The molecule has 36 heavy (non-hydrogen) atoms. The smallest absolute Gasteiger partial charge is 0.318 e. The van der Waals surface area contributed by atoms with Gasteiger partial charge in [0.25, 0.3) is 0 Å². The molecular weight excluding hydrogens is 511 g/mol. The molecule has 10 heteroatoms. The molecule has 0 radical (unpaired) electrons. The predicted octanol–water partition coefficient (Wildman–Crippen LogP) is 6.33. The molecule has 192 valence electrons. The van der Waals surface area contributed by atoms with Crippen LogP contribution in [0.5, 0.6) is 0 Å². The molecule has 3 rings (SSSR count). The van der Waals surface area contributed by atoms with Crippen LogP contribution in [0.1, 0.15) is 50.8 Å². The van der Waals surface area contributed by atoms with Gasteiger partial charge in [-0.2, -0.15) is 5.26 Å². The summed E-state index contributed by atoms with van der Waals surface area (Å²) < 4.78 is 31.0. The third-order valence-corrected chi connectivity index (χ3v) is 6.90. The Morgan fingerprint density at radius 2 is 1.94 bits per heavy atom. The summed E-state index contributed by atoms with van der Waals surface area (Å²) in [6.07, 6.45) is 0.0800. The number of likely N-dealkylation sites (tertiary alicyclic amines) is 1. The number of carbonyl (C=O) groups is 2. The van der Waals surface area contributed by atoms with Gasteiger partial charge >= 0.3 is 12.0 Å². The van der Waals surface area contributed by atoms with Crippen LogP contribution in [0.3, 0.4) is 0 Å². The van der Waals surface area contributed by atoms with Gasteiger partial charge in [0, 0.05) is 35.2 Å². The number of carboxylic acid groups (broad SMARTS) is 1. The van der Waals surface area contributed by atoms with E-state index in [1.807, 2.05) is 20.8 Å². The highest BCUT2D eigenvalue weighted by Gasteiger charge is 2.60. The second kappa shape index (κ2) is 10.6. The average Bonchev–Trinajstić information content (AvgIpc) is 3.08. The molecule has 0 saturated carbocycles. The number of benzene rings is 2. The molecule has 3 atom stereocenters. The van der Waals surface area contributed by atoms with Gasteiger partial charge in [0.1, 0.15) is 17.0 Å². The number of nitrogens with one attached hydrogen (secondary N) is 1. The summed E-state index contributed by atoms with van der Waals surface area (Å²) in [4.78, 5) is 25.6. The molecule has 2 N–H and O–H groups in total. The van der Waals surface area contributed by atoms with E-state index in [2.05, 4.69) is 11.4 Å². The first kappa shape index (κ1) is 27.7. The van der Waals surface area contributed by atoms with Crippen molar-refractivity contribution in [3.63, 3.8) is 0 Å². The Balaban J connectivity index is 2.28. The van der Waals surface area contributed by atoms with Crippen molar-refractivity contribution in [3.05, 3.63) is 69.2 Å². The van der Waals surface area contributed by atoms with Crippen molar-refractivity contribution in [2.24, 2.45) is 11.3 Å². The molecule has 2 aromatic carbocycles. The van der Waals surface area contributed by atoms with Crippen LogP contribution in [0.4, 0.5) is 13.6 Å². The molecule has 0 bridgehead atoms. The summed E-state index contributed by atoms with van der Waals surface area (Å²) in [7, 11) is 0. The lowest BCUT2D eigenvalue weighted by Crippen LogP contribution is -2.44. The first-order valence-electron chi connectivity index (χ1n) is 11.4. The highest BCUT2D eigenvalue weighted by molar-refractivity contribution is 6.31. The lowest BCUT2D eigenvalue weighted by Gasteiger charge is -2.38. The number of nitrogens with zero attached hydrogens (tertiary/aromatic N) is 2. The SMILES string of the molecule is CC(C)(C)CC1CN(C(=O)NCCC(=O)O)C(c2cccc(Cl)c2F)C1(C#N)c1ccc(Cl)cc1F. The number of carbonyl (C=O) groups excluding carboxylic acids is 1. The zero-order valence-electron chi connectivity index (χ0n) is 20.1. The minimum Gasteiger partial charge on any atom is -0.481 e. The topological polar surface area (TPSA) is 93.4 Å². The first-order valence-corrected chi connectivity index (χ1v) is 12.1. The van der Waals surface area contributed by atoms with E-state index in [1.165, 1.54) is 35.2 Å². The Labute approximate surface area is 218 Å². The van der Waals surface area contributed by atoms with E-state index in [0.717, 1.165) is 6.07 Å². The normalized spacial score (nSPS) is 21.8. The fraction of sp³-hybridized carbons (Fsp3) is 0.423. The summed E-state index contributed by atoms with van der Waals surface area (Å²) >= 11 is 12.1. The number of rotatable bonds is 6. The summed E-state index contributed by atoms with van der Waals surface area (Å²) in [5.74, 6) is -3.28.